The van der Waals surface area contributed by atoms with E-state index >= 15 is 0 Å². The summed E-state index contributed by atoms with van der Waals surface area (Å²) in [7, 11) is 0. The lowest BCUT2D eigenvalue weighted by atomic mass is 10.0. The highest BCUT2D eigenvalue weighted by Crippen LogP contribution is 2.34. The molecule has 2 heterocycles. The first-order valence-corrected chi connectivity index (χ1v) is 10.9. The molecule has 0 saturated heterocycles. The van der Waals surface area contributed by atoms with Crippen molar-refractivity contribution in [3.8, 4) is 5.75 Å². The van der Waals surface area contributed by atoms with Gasteiger partial charge in [0.2, 0.25) is 0 Å². The van der Waals surface area contributed by atoms with Crippen molar-refractivity contribution in [2.75, 3.05) is 13.2 Å². The Morgan fingerprint density at radius 2 is 1.29 bits per heavy atom. The fourth-order valence-corrected chi connectivity index (χ4v) is 3.66. The molecule has 0 aromatic heterocycles. The first kappa shape index (κ1) is 24.5. The third kappa shape index (κ3) is 6.19. The zero-order valence-electron chi connectivity index (χ0n) is 18.8. The second-order valence-corrected chi connectivity index (χ2v) is 7.37. The van der Waals surface area contributed by atoms with E-state index in [0.717, 1.165) is 18.4 Å². The van der Waals surface area contributed by atoms with Crippen LogP contribution in [0.2, 0.25) is 0 Å². The molecule has 2 aliphatic heterocycles. The van der Waals surface area contributed by atoms with Crippen LogP contribution in [0.15, 0.2) is 92.0 Å². The number of para-hydroxylation sites is 1. The largest absolute Gasteiger partial charge is 0.458 e. The van der Waals surface area contributed by atoms with Crippen LogP contribution in [0, 0.1) is 0 Å². The number of carbonyl (C=O) groups excluding carboxylic acids is 3. The number of carbonyl (C=O) groups is 3. The van der Waals surface area contributed by atoms with Crippen LogP contribution in [-0.4, -0.2) is 31.1 Å². The Hall–Kier alpha value is -4.19. The lowest BCUT2D eigenvalue weighted by Gasteiger charge is -2.11. The minimum atomic E-state index is -0.394. The van der Waals surface area contributed by atoms with E-state index in [9.17, 15) is 14.4 Å². The van der Waals surface area contributed by atoms with Gasteiger partial charge in [0.05, 0.1) is 17.0 Å². The number of benzene rings is 3. The van der Waals surface area contributed by atoms with Gasteiger partial charge in [-0.15, -0.1) is 13.2 Å². The van der Waals surface area contributed by atoms with Gasteiger partial charge in [-0.05, 0) is 60.4 Å². The van der Waals surface area contributed by atoms with Crippen molar-refractivity contribution in [2.24, 2.45) is 0 Å². The Bertz CT molecular complexity index is 1080. The average molecular weight is 459 g/mol. The first-order chi connectivity index (χ1) is 16.6. The summed E-state index contributed by atoms with van der Waals surface area (Å²) < 4.78 is 15.1. The van der Waals surface area contributed by atoms with Gasteiger partial charge in [-0.2, -0.15) is 0 Å². The summed E-state index contributed by atoms with van der Waals surface area (Å²) in [6.07, 6.45) is 1.82. The summed E-state index contributed by atoms with van der Waals surface area (Å²) in [5.74, 6) is -0.427. The molecule has 1 aliphatic carbocycles. The van der Waals surface area contributed by atoms with Crippen LogP contribution >= 0.6 is 0 Å². The second kappa shape index (κ2) is 12.2. The number of esters is 3. The second-order valence-electron chi connectivity index (χ2n) is 7.37. The first-order valence-electron chi connectivity index (χ1n) is 10.9. The number of aryl methyl sites for hydroxylation is 1. The SMILES string of the molecule is C=C.O=C(Oc1ccccc1)C1CCc2ccccc21.O=C1OCCOC(=O)c2ccc1cc2. The van der Waals surface area contributed by atoms with Gasteiger partial charge >= 0.3 is 17.9 Å². The molecule has 6 nitrogen and oxygen atoms in total. The molecule has 0 N–H and O–H groups in total. The highest BCUT2D eigenvalue weighted by molar-refractivity contribution is 5.93. The van der Waals surface area contributed by atoms with E-state index in [1.807, 2.05) is 36.4 Å². The lowest BCUT2D eigenvalue weighted by Crippen LogP contribution is -2.16. The van der Waals surface area contributed by atoms with Crippen LogP contribution in [-0.2, 0) is 20.7 Å². The Kier molecular flexibility index (Phi) is 8.74. The van der Waals surface area contributed by atoms with Gasteiger partial charge in [-0.25, -0.2) is 9.59 Å². The van der Waals surface area contributed by atoms with Crippen LogP contribution in [0.25, 0.3) is 0 Å². The van der Waals surface area contributed by atoms with Gasteiger partial charge in [0.25, 0.3) is 0 Å². The summed E-state index contributed by atoms with van der Waals surface area (Å²) in [4.78, 5) is 34.7. The van der Waals surface area contributed by atoms with E-state index in [2.05, 4.69) is 19.2 Å². The molecule has 3 aliphatic rings. The predicted octanol–water partition coefficient (Wildman–Crippen LogP) is 5.14. The molecule has 2 bridgehead atoms. The third-order valence-corrected chi connectivity index (χ3v) is 5.28. The van der Waals surface area contributed by atoms with Crippen molar-refractivity contribution in [1.29, 1.82) is 0 Å². The van der Waals surface area contributed by atoms with Crippen molar-refractivity contribution in [2.45, 2.75) is 18.8 Å². The van der Waals surface area contributed by atoms with Crippen molar-refractivity contribution < 1.29 is 28.6 Å². The predicted molar refractivity (Wildman–Crippen MR) is 128 cm³/mol. The van der Waals surface area contributed by atoms with Gasteiger partial charge < -0.3 is 14.2 Å². The zero-order chi connectivity index (χ0) is 24.3. The summed E-state index contributed by atoms with van der Waals surface area (Å²) in [5, 5.41) is 0. The summed E-state index contributed by atoms with van der Waals surface area (Å²) in [6.45, 7) is 6.20. The maximum Gasteiger partial charge on any atom is 0.338 e. The Labute approximate surface area is 198 Å². The van der Waals surface area contributed by atoms with Crippen LogP contribution in [0.3, 0.4) is 0 Å². The molecule has 34 heavy (non-hydrogen) atoms. The molecule has 174 valence electrons. The molecule has 0 saturated carbocycles. The maximum atomic E-state index is 12.2. The van der Waals surface area contributed by atoms with Gasteiger partial charge in [-0.1, -0.05) is 42.5 Å². The number of rotatable bonds is 2. The van der Waals surface area contributed by atoms with Crippen LogP contribution in [0.5, 0.6) is 5.75 Å². The highest BCUT2D eigenvalue weighted by atomic mass is 16.6. The van der Waals surface area contributed by atoms with E-state index in [1.54, 1.807) is 36.4 Å². The summed E-state index contributed by atoms with van der Waals surface area (Å²) in [6, 6.07) is 23.5. The summed E-state index contributed by atoms with van der Waals surface area (Å²) >= 11 is 0. The van der Waals surface area contributed by atoms with Gasteiger partial charge in [-0.3, -0.25) is 4.79 Å². The minimum absolute atomic E-state index is 0.100. The molecule has 0 radical (unpaired) electrons. The van der Waals surface area contributed by atoms with E-state index < -0.39 is 11.9 Å². The minimum Gasteiger partial charge on any atom is -0.458 e. The smallest absolute Gasteiger partial charge is 0.338 e. The molecule has 3 aromatic rings. The van der Waals surface area contributed by atoms with Gasteiger partial charge in [0.15, 0.2) is 0 Å². The standard InChI is InChI=1S/C16H14O2.C10H8O4.C2H4/c17-16(18-13-7-2-1-3-8-13)15-11-10-12-6-4-5-9-14(12)15;11-9-7-1-2-8(4-3-7)10(12)14-6-5-13-9;1-2/h1-9,15H,10-11H2;1-4H,5-6H2;1-2H2. The Morgan fingerprint density at radius 3 is 1.88 bits per heavy atom. The van der Waals surface area contributed by atoms with Crippen molar-refractivity contribution in [3.05, 3.63) is 114 Å². The maximum absolute atomic E-state index is 12.2. The van der Waals surface area contributed by atoms with Crippen molar-refractivity contribution in [3.63, 3.8) is 0 Å². The topological polar surface area (TPSA) is 78.9 Å². The van der Waals surface area contributed by atoms with Crippen molar-refractivity contribution in [1.82, 2.24) is 0 Å². The number of fused-ring (bicyclic) bond motifs is 8. The van der Waals surface area contributed by atoms with Crippen LogP contribution < -0.4 is 4.74 Å². The normalized spacial score (nSPS) is 15.8. The Balaban J connectivity index is 0.000000183. The molecule has 1 unspecified atom stereocenters. The van der Waals surface area contributed by atoms with E-state index in [0.29, 0.717) is 16.9 Å². The third-order valence-electron chi connectivity index (χ3n) is 5.28. The molecule has 0 amide bonds. The number of hydrogen-bond acceptors (Lipinski definition) is 6. The van der Waals surface area contributed by atoms with Gasteiger partial charge in [0, 0.05) is 0 Å². The zero-order valence-corrected chi connectivity index (χ0v) is 18.8. The highest BCUT2D eigenvalue weighted by Gasteiger charge is 2.29. The summed E-state index contributed by atoms with van der Waals surface area (Å²) in [5.41, 5.74) is 3.29. The molecule has 0 spiro atoms. The molecule has 3 aromatic carbocycles. The molecule has 1 atom stereocenters. The Morgan fingerprint density at radius 1 is 0.765 bits per heavy atom. The molecular formula is C28H26O6. The fourth-order valence-electron chi connectivity index (χ4n) is 3.66. The van der Waals surface area contributed by atoms with E-state index in [4.69, 9.17) is 14.2 Å². The van der Waals surface area contributed by atoms with Crippen LogP contribution in [0.4, 0.5) is 0 Å². The van der Waals surface area contributed by atoms with E-state index in [1.165, 1.54) is 5.56 Å². The molecule has 6 heteroatoms. The molecular weight excluding hydrogens is 432 g/mol. The molecule has 6 rings (SSSR count). The van der Waals surface area contributed by atoms with Crippen molar-refractivity contribution >= 4 is 17.9 Å². The quantitative estimate of drug-likeness (QED) is 0.301. The number of ether oxygens (including phenoxy) is 3. The van der Waals surface area contributed by atoms with Gasteiger partial charge in [0.1, 0.15) is 19.0 Å². The average Bonchev–Trinajstić information content (AvgIpc) is 3.33. The lowest BCUT2D eigenvalue weighted by molar-refractivity contribution is -0.136. The molecule has 0 fully saturated rings. The monoisotopic (exact) mass is 458 g/mol. The van der Waals surface area contributed by atoms with E-state index in [-0.39, 0.29) is 25.1 Å². The number of hydrogen-bond donors (Lipinski definition) is 0. The van der Waals surface area contributed by atoms with Crippen LogP contribution in [0.1, 0.15) is 44.2 Å². The fraction of sp³-hybridized carbons (Fsp3) is 0.179.